The van der Waals surface area contributed by atoms with Crippen LogP contribution in [-0.4, -0.2) is 44.9 Å². The predicted molar refractivity (Wildman–Crippen MR) is 107 cm³/mol. The summed E-state index contributed by atoms with van der Waals surface area (Å²) in [7, 11) is 0. The number of piperidine rings is 1. The van der Waals surface area contributed by atoms with Crippen molar-refractivity contribution in [3.63, 3.8) is 0 Å². The van der Waals surface area contributed by atoms with Crippen molar-refractivity contribution in [1.29, 1.82) is 0 Å². The molecule has 0 radical (unpaired) electrons. The minimum Gasteiger partial charge on any atom is -0.391 e. The minimum atomic E-state index is -0.724. The standard InChI is InChI=1S/C22H23N3O3/c1-15(25-22(28)19-10-6-5-9-17(19)13-23-25)21(27)24-12-11-18(20(26)14-24)16-7-3-2-4-8-16/h2-10,13,15,18,20,26H,11-12,14H2,1H3/t15?,18-,20+/m0/s1. The molecule has 1 aliphatic rings. The third kappa shape index (κ3) is 3.31. The molecule has 6 heteroatoms. The highest BCUT2D eigenvalue weighted by Gasteiger charge is 2.33. The first-order valence-corrected chi connectivity index (χ1v) is 9.54. The zero-order chi connectivity index (χ0) is 19.7. The van der Waals surface area contributed by atoms with Crippen molar-refractivity contribution in [2.75, 3.05) is 13.1 Å². The Balaban J connectivity index is 1.52. The van der Waals surface area contributed by atoms with Gasteiger partial charge in [0.15, 0.2) is 0 Å². The molecule has 0 bridgehead atoms. The number of rotatable bonds is 3. The number of carbonyl (C=O) groups excluding carboxylic acids is 1. The number of fused-ring (bicyclic) bond motifs is 1. The van der Waals surface area contributed by atoms with Gasteiger partial charge in [-0.3, -0.25) is 9.59 Å². The third-order valence-electron chi connectivity index (χ3n) is 5.57. The summed E-state index contributed by atoms with van der Waals surface area (Å²) in [6.45, 7) is 2.48. The van der Waals surface area contributed by atoms with Gasteiger partial charge in [-0.2, -0.15) is 5.10 Å². The quantitative estimate of drug-likeness (QED) is 0.760. The van der Waals surface area contributed by atoms with Gasteiger partial charge < -0.3 is 10.0 Å². The first kappa shape index (κ1) is 18.4. The molecule has 1 unspecified atom stereocenters. The summed E-state index contributed by atoms with van der Waals surface area (Å²) in [6, 6.07) is 16.4. The van der Waals surface area contributed by atoms with E-state index in [0.29, 0.717) is 18.4 Å². The van der Waals surface area contributed by atoms with E-state index in [2.05, 4.69) is 5.10 Å². The molecule has 1 N–H and O–H groups in total. The highest BCUT2D eigenvalue weighted by Crippen LogP contribution is 2.29. The number of hydrogen-bond donors (Lipinski definition) is 1. The van der Waals surface area contributed by atoms with Crippen LogP contribution in [0.4, 0.5) is 0 Å². The molecule has 2 heterocycles. The highest BCUT2D eigenvalue weighted by molar-refractivity contribution is 5.82. The van der Waals surface area contributed by atoms with E-state index in [9.17, 15) is 14.7 Å². The van der Waals surface area contributed by atoms with Gasteiger partial charge in [-0.25, -0.2) is 4.68 Å². The summed E-state index contributed by atoms with van der Waals surface area (Å²) in [5.74, 6) is -0.183. The van der Waals surface area contributed by atoms with Crippen molar-refractivity contribution in [1.82, 2.24) is 14.7 Å². The second-order valence-corrected chi connectivity index (χ2v) is 7.31. The van der Waals surface area contributed by atoms with Crippen LogP contribution in [0.3, 0.4) is 0 Å². The molecule has 3 atom stereocenters. The molecule has 6 nitrogen and oxygen atoms in total. The fourth-order valence-corrected chi connectivity index (χ4v) is 3.97. The van der Waals surface area contributed by atoms with E-state index in [0.717, 1.165) is 10.9 Å². The van der Waals surface area contributed by atoms with Gasteiger partial charge >= 0.3 is 0 Å². The molecule has 1 fully saturated rings. The van der Waals surface area contributed by atoms with Crippen LogP contribution in [0.2, 0.25) is 0 Å². The minimum absolute atomic E-state index is 0.0158. The zero-order valence-corrected chi connectivity index (χ0v) is 15.7. The van der Waals surface area contributed by atoms with Crippen LogP contribution in [0.5, 0.6) is 0 Å². The number of aromatic nitrogens is 2. The lowest BCUT2D eigenvalue weighted by molar-refractivity contribution is -0.138. The Morgan fingerprint density at radius 1 is 1.14 bits per heavy atom. The fraction of sp³-hybridized carbons (Fsp3) is 0.318. The van der Waals surface area contributed by atoms with Gasteiger partial charge in [0.25, 0.3) is 5.56 Å². The predicted octanol–water partition coefficient (Wildman–Crippen LogP) is 2.33. The molecule has 28 heavy (non-hydrogen) atoms. The summed E-state index contributed by atoms with van der Waals surface area (Å²) in [6.07, 6.45) is 1.66. The summed E-state index contributed by atoms with van der Waals surface area (Å²) >= 11 is 0. The lowest BCUT2D eigenvalue weighted by Gasteiger charge is -2.37. The smallest absolute Gasteiger partial charge is 0.275 e. The van der Waals surface area contributed by atoms with Crippen molar-refractivity contribution in [3.05, 3.63) is 76.7 Å². The van der Waals surface area contributed by atoms with E-state index in [-0.39, 0.29) is 23.9 Å². The molecule has 0 aliphatic carbocycles. The Hall–Kier alpha value is -2.99. The van der Waals surface area contributed by atoms with E-state index in [1.165, 1.54) is 4.68 Å². The SMILES string of the molecule is CC(C(=O)N1CC[C@@H](c2ccccc2)[C@H](O)C1)n1ncc2ccccc2c1=O. The molecule has 2 aromatic carbocycles. The van der Waals surface area contributed by atoms with Crippen molar-refractivity contribution in [2.24, 2.45) is 0 Å². The van der Waals surface area contributed by atoms with Gasteiger partial charge in [0.05, 0.1) is 17.7 Å². The fourth-order valence-electron chi connectivity index (χ4n) is 3.97. The molecular weight excluding hydrogens is 354 g/mol. The average Bonchev–Trinajstić information content (AvgIpc) is 2.74. The van der Waals surface area contributed by atoms with Crippen molar-refractivity contribution < 1.29 is 9.90 Å². The maximum atomic E-state index is 13.0. The van der Waals surface area contributed by atoms with Crippen LogP contribution in [0.15, 0.2) is 65.6 Å². The molecule has 0 spiro atoms. The van der Waals surface area contributed by atoms with E-state index in [4.69, 9.17) is 0 Å². The van der Waals surface area contributed by atoms with Gasteiger partial charge in [0.2, 0.25) is 5.91 Å². The second kappa shape index (κ2) is 7.56. The summed E-state index contributed by atoms with van der Waals surface area (Å²) in [5.41, 5.74) is 0.807. The van der Waals surface area contributed by atoms with Crippen molar-refractivity contribution in [2.45, 2.75) is 31.4 Å². The Bertz CT molecular complexity index is 1050. The Kier molecular flexibility index (Phi) is 4.96. The van der Waals surface area contributed by atoms with Crippen LogP contribution < -0.4 is 5.56 Å². The molecule has 0 saturated carbocycles. The number of aliphatic hydroxyl groups is 1. The molecule has 3 aromatic rings. The number of likely N-dealkylation sites (tertiary alicyclic amines) is 1. The average molecular weight is 377 g/mol. The Morgan fingerprint density at radius 3 is 2.61 bits per heavy atom. The lowest BCUT2D eigenvalue weighted by atomic mass is 9.87. The number of aliphatic hydroxyl groups excluding tert-OH is 1. The van der Waals surface area contributed by atoms with Crippen molar-refractivity contribution in [3.8, 4) is 0 Å². The highest BCUT2D eigenvalue weighted by atomic mass is 16.3. The molecule has 1 aliphatic heterocycles. The maximum Gasteiger partial charge on any atom is 0.275 e. The number of benzene rings is 2. The third-order valence-corrected chi connectivity index (χ3v) is 5.57. The number of carbonyl (C=O) groups is 1. The van der Waals surface area contributed by atoms with Gasteiger partial charge in [-0.05, 0) is 25.0 Å². The second-order valence-electron chi connectivity index (χ2n) is 7.31. The number of hydrogen-bond acceptors (Lipinski definition) is 4. The summed E-state index contributed by atoms with van der Waals surface area (Å²) in [4.78, 5) is 27.4. The van der Waals surface area contributed by atoms with E-state index in [1.807, 2.05) is 42.5 Å². The molecule has 144 valence electrons. The summed E-state index contributed by atoms with van der Waals surface area (Å²) < 4.78 is 1.24. The van der Waals surface area contributed by atoms with Crippen LogP contribution in [0.1, 0.15) is 30.9 Å². The van der Waals surface area contributed by atoms with Gasteiger partial charge in [0.1, 0.15) is 6.04 Å². The molecule has 1 aromatic heterocycles. The van der Waals surface area contributed by atoms with Crippen LogP contribution in [0, 0.1) is 0 Å². The molecule has 4 rings (SSSR count). The van der Waals surface area contributed by atoms with Gasteiger partial charge in [0, 0.05) is 24.4 Å². The van der Waals surface area contributed by atoms with E-state index >= 15 is 0 Å². The number of nitrogens with zero attached hydrogens (tertiary/aromatic N) is 3. The topological polar surface area (TPSA) is 75.4 Å². The Labute approximate surface area is 163 Å². The van der Waals surface area contributed by atoms with Gasteiger partial charge in [-0.1, -0.05) is 48.5 Å². The zero-order valence-electron chi connectivity index (χ0n) is 15.7. The number of β-amino-alcohol motifs (C(OH)–C–C–N with tert-alkyl or cyclic N) is 1. The van der Waals surface area contributed by atoms with Crippen LogP contribution in [0.25, 0.3) is 10.8 Å². The first-order valence-electron chi connectivity index (χ1n) is 9.54. The normalized spacial score (nSPS) is 20.9. The van der Waals surface area contributed by atoms with Crippen LogP contribution in [-0.2, 0) is 4.79 Å². The Morgan fingerprint density at radius 2 is 1.86 bits per heavy atom. The van der Waals surface area contributed by atoms with Crippen molar-refractivity contribution >= 4 is 16.7 Å². The number of amides is 1. The lowest BCUT2D eigenvalue weighted by Crippen LogP contribution is -2.48. The monoisotopic (exact) mass is 377 g/mol. The molecule has 1 saturated heterocycles. The summed E-state index contributed by atoms with van der Waals surface area (Å²) in [5, 5.41) is 16.1. The van der Waals surface area contributed by atoms with E-state index < -0.39 is 12.1 Å². The van der Waals surface area contributed by atoms with Crippen LogP contribution >= 0.6 is 0 Å². The largest absolute Gasteiger partial charge is 0.391 e. The van der Waals surface area contributed by atoms with Gasteiger partial charge in [-0.15, -0.1) is 0 Å². The van der Waals surface area contributed by atoms with E-state index in [1.54, 1.807) is 30.2 Å². The molecule has 1 amide bonds. The maximum absolute atomic E-state index is 13.0. The first-order chi connectivity index (χ1) is 13.6. The molecular formula is C22H23N3O3.